The summed E-state index contributed by atoms with van der Waals surface area (Å²) in [4.78, 5) is 0. The number of hydrogen-bond acceptors (Lipinski definition) is 0. The molecule has 0 aromatic heterocycles. The van der Waals surface area contributed by atoms with Gasteiger partial charge in [-0.2, -0.15) is 0 Å². The van der Waals surface area contributed by atoms with Crippen LogP contribution in [0.1, 0.15) is 0 Å². The SMILES string of the molecule is [O]C(Br)(Br)C(Br)(Br)C(Br)(Br)C(Br)(Br)C(Br)(Br)C(Br)(Br)C(Br)(C(Br)(Br)Br)C(Br)(Br)Br. The Kier molecular flexibility index (Phi) is 15.9. The van der Waals surface area contributed by atoms with Crippen LogP contribution in [0.15, 0.2) is 0 Å². The van der Waals surface area contributed by atoms with Crippen LogP contribution in [0.3, 0.4) is 0 Å². The van der Waals surface area contributed by atoms with Crippen molar-refractivity contribution in [1.82, 2.24) is 0 Å². The van der Waals surface area contributed by atoms with Crippen molar-refractivity contribution in [2.75, 3.05) is 0 Å². The quantitative estimate of drug-likeness (QED) is 0.236. The maximum absolute atomic E-state index is 12.8. The van der Waals surface area contributed by atoms with Crippen LogP contribution in [-0.4, -0.2) is 28.2 Å². The van der Waals surface area contributed by atoms with Gasteiger partial charge in [0.25, 0.3) is 0 Å². The first-order valence-corrected chi connectivity index (χ1v) is 20.9. The van der Waals surface area contributed by atoms with E-state index in [0.29, 0.717) is 0 Å². The molecule has 0 aliphatic carbocycles. The fourth-order valence-electron chi connectivity index (χ4n) is 1.51. The first-order chi connectivity index (χ1) is 12.0. The third-order valence-corrected chi connectivity index (χ3v) is 36.4. The molecule has 0 aromatic carbocycles. The fourth-order valence-corrected chi connectivity index (χ4v) is 22.3. The highest BCUT2D eigenvalue weighted by Gasteiger charge is 2.80. The van der Waals surface area contributed by atoms with Crippen molar-refractivity contribution in [2.45, 2.75) is 28.2 Å². The molecule has 1 nitrogen and oxygen atoms in total. The number of halogens is 19. The Morgan fingerprint density at radius 2 is 0.517 bits per heavy atom. The predicted molar refractivity (Wildman–Crippen MR) is 195 cm³/mol. The zero-order valence-electron chi connectivity index (χ0n) is 12.1. The predicted octanol–water partition coefficient (Wildman–Crippen LogP) is 14.1. The van der Waals surface area contributed by atoms with Crippen LogP contribution in [-0.2, 0) is 5.11 Å². The standard InChI is InChI=1S/C9Br19O/c10-1(7(21,22)23,8(24,25)26)2(11,12)3(13,14)4(15,16)5(17,18)6(19,20)9(27,28)29. The second-order valence-corrected chi connectivity index (χ2v) is 40.3. The lowest BCUT2D eigenvalue weighted by atomic mass is 10.0. The van der Waals surface area contributed by atoms with Gasteiger partial charge in [0.2, 0.25) is 3.42 Å². The van der Waals surface area contributed by atoms with Crippen molar-refractivity contribution < 1.29 is 5.11 Å². The molecular weight excluding hydrogens is 1640 g/mol. The minimum absolute atomic E-state index is 0.930. The Balaban J connectivity index is 7.04. The van der Waals surface area contributed by atoms with E-state index in [1.807, 2.05) is 0 Å². The first kappa shape index (κ1) is 38.1. The summed E-state index contributed by atoms with van der Waals surface area (Å²) in [6.07, 6.45) is 0. The highest BCUT2D eigenvalue weighted by molar-refractivity contribution is 9.42. The van der Waals surface area contributed by atoms with E-state index in [1.54, 1.807) is 0 Å². The monoisotopic (exact) mass is 1620 g/mol. The highest BCUT2D eigenvalue weighted by atomic mass is 80.0. The van der Waals surface area contributed by atoms with Gasteiger partial charge < -0.3 is 0 Å². The summed E-state index contributed by atoms with van der Waals surface area (Å²) in [5, 5.41) is 12.8. The second kappa shape index (κ2) is 12.1. The third-order valence-electron chi connectivity index (χ3n) is 3.16. The van der Waals surface area contributed by atoms with Gasteiger partial charge in [-0.1, -0.05) is 271 Å². The lowest BCUT2D eigenvalue weighted by molar-refractivity contribution is 0.137. The number of alkyl halides is 19. The fraction of sp³-hybridized carbons (Fsp3) is 1.00. The van der Waals surface area contributed by atoms with Crippen molar-refractivity contribution in [3.8, 4) is 0 Å². The normalized spacial score (nSPS) is 17.0. The maximum atomic E-state index is 12.8. The topological polar surface area (TPSA) is 19.9 Å². The molecule has 0 spiro atoms. The molecule has 20 heteroatoms. The summed E-state index contributed by atoms with van der Waals surface area (Å²) in [7, 11) is 0. The van der Waals surface area contributed by atoms with Crippen molar-refractivity contribution in [1.29, 1.82) is 0 Å². The van der Waals surface area contributed by atoms with E-state index < -0.39 is 28.2 Å². The molecule has 1 radical (unpaired) electrons. The Morgan fingerprint density at radius 3 is 0.724 bits per heavy atom. The Morgan fingerprint density at radius 1 is 0.310 bits per heavy atom. The summed E-state index contributed by atoms with van der Waals surface area (Å²) in [5.41, 5.74) is 0. The van der Waals surface area contributed by atoms with Gasteiger partial charge in [0.05, 0.1) is 0 Å². The van der Waals surface area contributed by atoms with Crippen molar-refractivity contribution in [2.24, 2.45) is 0 Å². The van der Waals surface area contributed by atoms with E-state index >= 15 is 0 Å². The number of hydrogen-bond donors (Lipinski definition) is 0. The molecule has 0 N–H and O–H groups in total. The second-order valence-electron chi connectivity index (χ2n) is 5.04. The molecule has 0 fully saturated rings. The average molecular weight is 1640 g/mol. The molecule has 175 valence electrons. The van der Waals surface area contributed by atoms with Gasteiger partial charge in [0, 0.05) is 0 Å². The zero-order chi connectivity index (χ0) is 24.5. The lowest BCUT2D eigenvalue weighted by Crippen LogP contribution is -2.71. The highest BCUT2D eigenvalue weighted by Crippen LogP contribution is 2.79. The molecule has 0 bridgehead atoms. The van der Waals surface area contributed by atoms with Crippen molar-refractivity contribution in [3.63, 3.8) is 0 Å². The van der Waals surface area contributed by atoms with Gasteiger partial charge in [0.15, 0.2) is 7.52 Å². The van der Waals surface area contributed by atoms with Crippen LogP contribution in [0, 0.1) is 0 Å². The van der Waals surface area contributed by atoms with E-state index in [9.17, 15) is 5.11 Å². The van der Waals surface area contributed by atoms with Crippen LogP contribution < -0.4 is 0 Å². The van der Waals surface area contributed by atoms with Crippen LogP contribution in [0.25, 0.3) is 0 Å². The zero-order valence-corrected chi connectivity index (χ0v) is 42.2. The van der Waals surface area contributed by atoms with Gasteiger partial charge in [0.1, 0.15) is 17.3 Å². The van der Waals surface area contributed by atoms with Gasteiger partial charge >= 0.3 is 0 Å². The van der Waals surface area contributed by atoms with Gasteiger partial charge in [-0.15, -0.1) is 0 Å². The molecule has 0 unspecified atom stereocenters. The molecule has 0 aromatic rings. The first-order valence-electron chi connectivity index (χ1n) is 5.79. The van der Waals surface area contributed by atoms with Crippen LogP contribution in [0.2, 0.25) is 0 Å². The van der Waals surface area contributed by atoms with Crippen molar-refractivity contribution in [3.05, 3.63) is 0 Å². The minimum Gasteiger partial charge on any atom is -0.202 e. The van der Waals surface area contributed by atoms with Crippen LogP contribution >= 0.6 is 303 Å². The van der Waals surface area contributed by atoms with E-state index in [2.05, 4.69) is 303 Å². The average Bonchev–Trinajstić information content (AvgIpc) is 2.41. The van der Waals surface area contributed by atoms with Gasteiger partial charge in [-0.3, -0.25) is 0 Å². The van der Waals surface area contributed by atoms with E-state index in [0.717, 1.165) is 0 Å². The minimum atomic E-state index is -1.86. The Labute approximate surface area is 328 Å². The molecular formula is C9Br19O. The van der Waals surface area contributed by atoms with Gasteiger partial charge in [-0.05, 0) is 31.9 Å². The molecule has 0 aliphatic rings. The van der Waals surface area contributed by atoms with Crippen LogP contribution in [0.4, 0.5) is 0 Å². The summed E-state index contributed by atoms with van der Waals surface area (Å²) >= 11 is 68.5. The summed E-state index contributed by atoms with van der Waals surface area (Å²) < 4.78 is -10.9. The molecule has 0 rings (SSSR count). The van der Waals surface area contributed by atoms with E-state index in [-0.39, 0.29) is 0 Å². The largest absolute Gasteiger partial charge is 0.239 e. The molecule has 0 atom stereocenters. The summed E-state index contributed by atoms with van der Waals surface area (Å²) in [6.45, 7) is 0. The molecule has 0 amide bonds. The summed E-state index contributed by atoms with van der Waals surface area (Å²) in [5.74, 6) is 0. The van der Waals surface area contributed by atoms with Crippen molar-refractivity contribution >= 4 is 303 Å². The van der Waals surface area contributed by atoms with Gasteiger partial charge in [-0.25, -0.2) is 5.11 Å². The molecule has 0 saturated carbocycles. The number of rotatable bonds is 6. The molecule has 0 aliphatic heterocycles. The smallest absolute Gasteiger partial charge is 0.202 e. The Hall–Kier alpha value is 9.08. The lowest BCUT2D eigenvalue weighted by Gasteiger charge is -2.59. The molecule has 29 heavy (non-hydrogen) atoms. The Bertz CT molecular complexity index is 589. The molecule has 0 heterocycles. The summed E-state index contributed by atoms with van der Waals surface area (Å²) in [6, 6.07) is 0. The maximum Gasteiger partial charge on any atom is 0.239 e. The third kappa shape index (κ3) is 6.94. The molecule has 0 saturated heterocycles. The van der Waals surface area contributed by atoms with E-state index in [4.69, 9.17) is 0 Å². The van der Waals surface area contributed by atoms with Crippen LogP contribution in [0.5, 0.6) is 0 Å². The van der Waals surface area contributed by atoms with E-state index in [1.165, 1.54) is 0 Å².